The number of nitrogens with zero attached hydrogens (tertiary/aromatic N) is 1. The molecule has 3 nitrogen and oxygen atoms in total. The Labute approximate surface area is 99.9 Å². The van der Waals surface area contributed by atoms with Gasteiger partial charge in [0, 0.05) is 13.0 Å². The third-order valence-electron chi connectivity index (χ3n) is 3.16. The average Bonchev–Trinajstić information content (AvgIpc) is 2.35. The first-order valence-electron chi connectivity index (χ1n) is 5.88. The van der Waals surface area contributed by atoms with Crippen LogP contribution in [-0.4, -0.2) is 29.1 Å². The lowest BCUT2D eigenvalue weighted by Crippen LogP contribution is -2.39. The molecule has 1 N–H and O–H groups in total. The van der Waals surface area contributed by atoms with Crippen molar-refractivity contribution in [3.8, 4) is 0 Å². The Morgan fingerprint density at radius 2 is 2.00 bits per heavy atom. The molecular formula is C13H16FNO2. The minimum atomic E-state index is -0.344. The number of hydrogen-bond donors (Lipinski definition) is 1. The molecule has 0 aliphatic carbocycles. The average molecular weight is 237 g/mol. The molecule has 1 atom stereocenters. The number of aliphatic hydroxyl groups is 1. The van der Waals surface area contributed by atoms with Crippen molar-refractivity contribution in [3.63, 3.8) is 0 Å². The fourth-order valence-electron chi connectivity index (χ4n) is 2.23. The minimum absolute atomic E-state index is 0.0691. The first kappa shape index (κ1) is 12.0. The Balaban J connectivity index is 2.20. The Morgan fingerprint density at radius 3 is 2.59 bits per heavy atom. The molecule has 1 aromatic carbocycles. The van der Waals surface area contributed by atoms with Gasteiger partial charge in [0.1, 0.15) is 5.82 Å². The molecule has 1 amide bonds. The van der Waals surface area contributed by atoms with Crippen LogP contribution in [0.25, 0.3) is 0 Å². The fourth-order valence-corrected chi connectivity index (χ4v) is 2.23. The first-order valence-corrected chi connectivity index (χ1v) is 5.88. The third kappa shape index (κ3) is 2.64. The lowest BCUT2D eigenvalue weighted by atomic mass is 10.0. The van der Waals surface area contributed by atoms with E-state index in [0.29, 0.717) is 13.0 Å². The predicted molar refractivity (Wildman–Crippen MR) is 61.8 cm³/mol. The summed E-state index contributed by atoms with van der Waals surface area (Å²) in [4.78, 5) is 13.5. The molecule has 0 bridgehead atoms. The fraction of sp³-hybridized carbons (Fsp3) is 0.462. The van der Waals surface area contributed by atoms with Gasteiger partial charge in [-0.15, -0.1) is 0 Å². The Hall–Kier alpha value is -1.42. The van der Waals surface area contributed by atoms with Crippen LogP contribution in [0, 0.1) is 5.82 Å². The molecule has 0 saturated carbocycles. The summed E-state index contributed by atoms with van der Waals surface area (Å²) >= 11 is 0. The molecular weight excluding hydrogens is 221 g/mol. The number of halogens is 1. The second-order valence-corrected chi connectivity index (χ2v) is 4.29. The number of amides is 1. The molecule has 0 spiro atoms. The SMILES string of the molecule is O=C1CCCCN1C(CO)c1ccc(F)cc1. The van der Waals surface area contributed by atoms with Crippen molar-refractivity contribution in [1.29, 1.82) is 0 Å². The number of rotatable bonds is 3. The molecule has 1 heterocycles. The summed E-state index contributed by atoms with van der Waals surface area (Å²) in [6.07, 6.45) is 2.41. The van der Waals surface area contributed by atoms with E-state index in [0.717, 1.165) is 18.4 Å². The monoisotopic (exact) mass is 237 g/mol. The molecule has 4 heteroatoms. The lowest BCUT2D eigenvalue weighted by Gasteiger charge is -2.33. The Kier molecular flexibility index (Phi) is 3.74. The number of likely N-dealkylation sites (tertiary alicyclic amines) is 1. The number of hydrogen-bond acceptors (Lipinski definition) is 2. The van der Waals surface area contributed by atoms with Gasteiger partial charge < -0.3 is 10.0 Å². The second-order valence-electron chi connectivity index (χ2n) is 4.29. The number of piperidine rings is 1. The van der Waals surface area contributed by atoms with Crippen LogP contribution in [0.2, 0.25) is 0 Å². The van der Waals surface area contributed by atoms with E-state index in [2.05, 4.69) is 0 Å². The summed E-state index contributed by atoms with van der Waals surface area (Å²) < 4.78 is 12.8. The summed E-state index contributed by atoms with van der Waals surface area (Å²) in [5.74, 6) is -0.241. The lowest BCUT2D eigenvalue weighted by molar-refractivity contribution is -0.137. The maximum atomic E-state index is 12.8. The van der Waals surface area contributed by atoms with E-state index in [4.69, 9.17) is 0 Å². The van der Waals surface area contributed by atoms with Crippen LogP contribution in [-0.2, 0) is 4.79 Å². The van der Waals surface area contributed by atoms with Crippen LogP contribution in [0.3, 0.4) is 0 Å². The molecule has 2 rings (SSSR count). The third-order valence-corrected chi connectivity index (χ3v) is 3.16. The van der Waals surface area contributed by atoms with Gasteiger partial charge in [0.15, 0.2) is 0 Å². The van der Waals surface area contributed by atoms with E-state index < -0.39 is 0 Å². The van der Waals surface area contributed by atoms with E-state index in [-0.39, 0.29) is 24.4 Å². The van der Waals surface area contributed by atoms with Crippen molar-refractivity contribution >= 4 is 5.91 Å². The van der Waals surface area contributed by atoms with Gasteiger partial charge in [0.05, 0.1) is 12.6 Å². The second kappa shape index (κ2) is 5.27. The number of benzene rings is 1. The topological polar surface area (TPSA) is 40.5 Å². The van der Waals surface area contributed by atoms with E-state index in [1.165, 1.54) is 12.1 Å². The molecule has 1 unspecified atom stereocenters. The molecule has 0 aromatic heterocycles. The van der Waals surface area contributed by atoms with Crippen molar-refractivity contribution < 1.29 is 14.3 Å². The van der Waals surface area contributed by atoms with Gasteiger partial charge in [-0.05, 0) is 30.5 Å². The van der Waals surface area contributed by atoms with Crippen LogP contribution < -0.4 is 0 Å². The number of carbonyl (C=O) groups excluding carboxylic acids is 1. The van der Waals surface area contributed by atoms with Crippen LogP contribution in [0.4, 0.5) is 4.39 Å². The quantitative estimate of drug-likeness (QED) is 0.871. The number of aliphatic hydroxyl groups excluding tert-OH is 1. The van der Waals surface area contributed by atoms with Gasteiger partial charge in [0.25, 0.3) is 0 Å². The molecule has 1 saturated heterocycles. The van der Waals surface area contributed by atoms with Gasteiger partial charge in [-0.1, -0.05) is 12.1 Å². The number of carbonyl (C=O) groups is 1. The van der Waals surface area contributed by atoms with Gasteiger partial charge >= 0.3 is 0 Å². The van der Waals surface area contributed by atoms with Crippen LogP contribution in [0.5, 0.6) is 0 Å². The van der Waals surface area contributed by atoms with Crippen molar-refractivity contribution in [3.05, 3.63) is 35.6 Å². The van der Waals surface area contributed by atoms with Crippen LogP contribution in [0.15, 0.2) is 24.3 Å². The van der Waals surface area contributed by atoms with E-state index in [1.807, 2.05) is 0 Å². The minimum Gasteiger partial charge on any atom is -0.394 e. The molecule has 0 radical (unpaired) electrons. The molecule has 1 aromatic rings. The highest BCUT2D eigenvalue weighted by Crippen LogP contribution is 2.25. The maximum Gasteiger partial charge on any atom is 0.223 e. The maximum absolute atomic E-state index is 12.8. The molecule has 1 fully saturated rings. The smallest absolute Gasteiger partial charge is 0.223 e. The zero-order chi connectivity index (χ0) is 12.3. The van der Waals surface area contributed by atoms with Crippen molar-refractivity contribution in [2.75, 3.05) is 13.2 Å². The molecule has 1 aliphatic heterocycles. The summed E-state index contributed by atoms with van der Waals surface area (Å²) in [5.41, 5.74) is 0.782. The first-order chi connectivity index (χ1) is 8.22. The van der Waals surface area contributed by atoms with Crippen molar-refractivity contribution in [2.24, 2.45) is 0 Å². The van der Waals surface area contributed by atoms with Crippen molar-refractivity contribution in [2.45, 2.75) is 25.3 Å². The van der Waals surface area contributed by atoms with Gasteiger partial charge in [-0.25, -0.2) is 4.39 Å². The largest absolute Gasteiger partial charge is 0.394 e. The standard InChI is InChI=1S/C13H16FNO2/c14-11-6-4-10(5-7-11)12(9-16)15-8-2-1-3-13(15)17/h4-7,12,16H,1-3,8-9H2. The normalized spacial score (nSPS) is 18.2. The zero-order valence-electron chi connectivity index (χ0n) is 9.60. The highest BCUT2D eigenvalue weighted by molar-refractivity contribution is 5.77. The zero-order valence-corrected chi connectivity index (χ0v) is 9.60. The summed E-state index contributed by atoms with van der Waals surface area (Å²) in [7, 11) is 0. The summed E-state index contributed by atoms with van der Waals surface area (Å²) in [6.45, 7) is 0.540. The van der Waals surface area contributed by atoms with Crippen LogP contribution in [0.1, 0.15) is 30.9 Å². The summed E-state index contributed by atoms with van der Waals surface area (Å²) in [5, 5.41) is 9.43. The molecule has 92 valence electrons. The summed E-state index contributed by atoms with van der Waals surface area (Å²) in [6, 6.07) is 5.61. The van der Waals surface area contributed by atoms with E-state index >= 15 is 0 Å². The van der Waals surface area contributed by atoms with E-state index in [9.17, 15) is 14.3 Å². The molecule has 17 heavy (non-hydrogen) atoms. The molecule has 1 aliphatic rings. The predicted octanol–water partition coefficient (Wildman–Crippen LogP) is 1.87. The Bertz CT molecular complexity index is 391. The van der Waals surface area contributed by atoms with Crippen LogP contribution >= 0.6 is 0 Å². The van der Waals surface area contributed by atoms with E-state index in [1.54, 1.807) is 17.0 Å². The highest BCUT2D eigenvalue weighted by atomic mass is 19.1. The van der Waals surface area contributed by atoms with Gasteiger partial charge in [-0.3, -0.25) is 4.79 Å². The highest BCUT2D eigenvalue weighted by Gasteiger charge is 2.26. The van der Waals surface area contributed by atoms with Crippen molar-refractivity contribution in [1.82, 2.24) is 4.90 Å². The Morgan fingerprint density at radius 1 is 1.29 bits per heavy atom. The van der Waals surface area contributed by atoms with Gasteiger partial charge in [0.2, 0.25) is 5.91 Å². The van der Waals surface area contributed by atoms with Gasteiger partial charge in [-0.2, -0.15) is 0 Å².